The molecule has 0 atom stereocenters. The second-order valence-electron chi connectivity index (χ2n) is 5.59. The molecule has 1 heterocycles. The zero-order valence-corrected chi connectivity index (χ0v) is 14.7. The first-order valence-corrected chi connectivity index (χ1v) is 8.32. The van der Waals surface area contributed by atoms with Crippen LogP contribution in [0.1, 0.15) is 22.3 Å². The van der Waals surface area contributed by atoms with Crippen molar-refractivity contribution in [2.75, 3.05) is 39.2 Å². The molecule has 25 heavy (non-hydrogen) atoms. The molecule has 2 N–H and O–H groups in total. The number of ether oxygens (including phenoxy) is 2. The number of nitrogens with zero attached hydrogens (tertiary/aromatic N) is 1. The van der Waals surface area contributed by atoms with Crippen LogP contribution < -0.4 is 15.4 Å². The van der Waals surface area contributed by atoms with Crippen LogP contribution in [0.5, 0.6) is 5.75 Å². The summed E-state index contributed by atoms with van der Waals surface area (Å²) < 4.78 is 10.2. The maximum Gasteiger partial charge on any atom is 0.252 e. The van der Waals surface area contributed by atoms with E-state index in [9.17, 15) is 4.79 Å². The zero-order valence-electron chi connectivity index (χ0n) is 14.7. The summed E-state index contributed by atoms with van der Waals surface area (Å²) in [7, 11) is 3.32. The number of benzene rings is 1. The van der Waals surface area contributed by atoms with Crippen LogP contribution in [0.15, 0.2) is 42.7 Å². The number of hydrogen-bond donors (Lipinski definition) is 2. The number of hydrogen-bond acceptors (Lipinski definition) is 5. The average Bonchev–Trinajstić information content (AvgIpc) is 2.65. The van der Waals surface area contributed by atoms with Gasteiger partial charge in [0.25, 0.3) is 5.91 Å². The van der Waals surface area contributed by atoms with Gasteiger partial charge in [0.2, 0.25) is 0 Å². The molecule has 0 fully saturated rings. The van der Waals surface area contributed by atoms with Gasteiger partial charge >= 0.3 is 0 Å². The number of nitrogens with one attached hydrogen (secondary N) is 2. The van der Waals surface area contributed by atoms with E-state index in [1.165, 1.54) is 0 Å². The smallest absolute Gasteiger partial charge is 0.252 e. The van der Waals surface area contributed by atoms with Crippen molar-refractivity contribution in [1.82, 2.24) is 10.3 Å². The van der Waals surface area contributed by atoms with Crippen molar-refractivity contribution in [2.24, 2.45) is 0 Å². The summed E-state index contributed by atoms with van der Waals surface area (Å²) in [5, 5.41) is 6.15. The Morgan fingerprint density at radius 3 is 2.84 bits per heavy atom. The number of anilines is 1. The molecule has 6 nitrogen and oxygen atoms in total. The third-order valence-electron chi connectivity index (χ3n) is 3.69. The third-order valence-corrected chi connectivity index (χ3v) is 3.69. The lowest BCUT2D eigenvalue weighted by Crippen LogP contribution is -2.26. The van der Waals surface area contributed by atoms with E-state index in [0.29, 0.717) is 18.7 Å². The molecule has 0 saturated heterocycles. The van der Waals surface area contributed by atoms with Gasteiger partial charge in [-0.15, -0.1) is 0 Å². The van der Waals surface area contributed by atoms with Crippen LogP contribution in [-0.4, -0.2) is 44.8 Å². The summed E-state index contributed by atoms with van der Waals surface area (Å²) in [6.45, 7) is 2.03. The Kier molecular flexibility index (Phi) is 7.72. The first kappa shape index (κ1) is 18.7. The second kappa shape index (κ2) is 10.3. The molecule has 0 unspecified atom stereocenters. The van der Waals surface area contributed by atoms with E-state index < -0.39 is 0 Å². The number of pyridine rings is 1. The van der Waals surface area contributed by atoms with Crippen LogP contribution in [0.25, 0.3) is 0 Å². The largest absolute Gasteiger partial charge is 0.497 e. The molecular formula is C19H25N3O3. The molecule has 0 radical (unpaired) electrons. The van der Waals surface area contributed by atoms with Crippen molar-refractivity contribution >= 4 is 11.6 Å². The first-order valence-electron chi connectivity index (χ1n) is 8.32. The van der Waals surface area contributed by atoms with Gasteiger partial charge in [0, 0.05) is 39.2 Å². The molecule has 1 aromatic heterocycles. The third kappa shape index (κ3) is 6.43. The number of amides is 1. The molecule has 0 saturated carbocycles. The monoisotopic (exact) mass is 343 g/mol. The Hall–Kier alpha value is -2.60. The zero-order chi connectivity index (χ0) is 17.9. The Bertz CT molecular complexity index is 676. The van der Waals surface area contributed by atoms with Crippen molar-refractivity contribution in [3.63, 3.8) is 0 Å². The fraction of sp³-hybridized carbons (Fsp3) is 0.368. The maximum atomic E-state index is 12.3. The molecule has 1 amide bonds. The van der Waals surface area contributed by atoms with E-state index >= 15 is 0 Å². The summed E-state index contributed by atoms with van der Waals surface area (Å²) in [6.07, 6.45) is 4.92. The van der Waals surface area contributed by atoms with Gasteiger partial charge in [0.15, 0.2) is 0 Å². The van der Waals surface area contributed by atoms with Crippen LogP contribution in [0.3, 0.4) is 0 Å². The normalized spacial score (nSPS) is 10.3. The summed E-state index contributed by atoms with van der Waals surface area (Å²) in [5.74, 6) is 0.691. The fourth-order valence-electron chi connectivity index (χ4n) is 2.36. The molecule has 6 heteroatoms. The number of rotatable bonds is 10. The van der Waals surface area contributed by atoms with Crippen LogP contribution in [0, 0.1) is 0 Å². The molecule has 134 valence electrons. The van der Waals surface area contributed by atoms with Gasteiger partial charge in [-0.25, -0.2) is 0 Å². The Balaban J connectivity index is 1.81. The highest BCUT2D eigenvalue weighted by molar-refractivity contribution is 5.94. The SMILES string of the molecule is COCCCNc1cncc(C(=O)NCCc2cccc(OC)c2)c1. The second-order valence-corrected chi connectivity index (χ2v) is 5.59. The highest BCUT2D eigenvalue weighted by atomic mass is 16.5. The van der Waals surface area contributed by atoms with Crippen LogP contribution >= 0.6 is 0 Å². The Morgan fingerprint density at radius 2 is 2.04 bits per heavy atom. The first-order chi connectivity index (χ1) is 12.2. The summed E-state index contributed by atoms with van der Waals surface area (Å²) >= 11 is 0. The van der Waals surface area contributed by atoms with Crippen molar-refractivity contribution in [3.05, 3.63) is 53.9 Å². The molecule has 2 rings (SSSR count). The van der Waals surface area contributed by atoms with Gasteiger partial charge in [-0.05, 0) is 36.6 Å². The van der Waals surface area contributed by atoms with E-state index in [4.69, 9.17) is 9.47 Å². The Morgan fingerprint density at radius 1 is 1.16 bits per heavy atom. The van der Waals surface area contributed by atoms with Gasteiger partial charge < -0.3 is 20.1 Å². The highest BCUT2D eigenvalue weighted by Gasteiger charge is 2.07. The van der Waals surface area contributed by atoms with Crippen molar-refractivity contribution in [2.45, 2.75) is 12.8 Å². The standard InChI is InChI=1S/C19H25N3O3/c1-24-10-4-8-21-17-12-16(13-20-14-17)19(23)22-9-7-15-5-3-6-18(11-15)25-2/h3,5-6,11-14,21H,4,7-10H2,1-2H3,(H,22,23). The minimum Gasteiger partial charge on any atom is -0.497 e. The quantitative estimate of drug-likeness (QED) is 0.649. The average molecular weight is 343 g/mol. The topological polar surface area (TPSA) is 72.5 Å². The summed E-state index contributed by atoms with van der Waals surface area (Å²) in [5.41, 5.74) is 2.49. The molecule has 0 bridgehead atoms. The molecule has 1 aromatic carbocycles. The van der Waals surface area contributed by atoms with Crippen molar-refractivity contribution in [1.29, 1.82) is 0 Å². The van der Waals surface area contributed by atoms with Gasteiger partial charge in [-0.2, -0.15) is 0 Å². The maximum absolute atomic E-state index is 12.3. The van der Waals surface area contributed by atoms with Crippen molar-refractivity contribution < 1.29 is 14.3 Å². The van der Waals surface area contributed by atoms with E-state index in [-0.39, 0.29) is 5.91 Å². The predicted molar refractivity (Wildman–Crippen MR) is 98.3 cm³/mol. The number of aromatic nitrogens is 1. The lowest BCUT2D eigenvalue weighted by atomic mass is 10.1. The summed E-state index contributed by atoms with van der Waals surface area (Å²) in [6, 6.07) is 9.64. The lowest BCUT2D eigenvalue weighted by molar-refractivity contribution is 0.0954. The van der Waals surface area contributed by atoms with Crippen LogP contribution in [0.2, 0.25) is 0 Å². The number of methoxy groups -OCH3 is 2. The molecule has 0 aliphatic rings. The fourth-order valence-corrected chi connectivity index (χ4v) is 2.36. The predicted octanol–water partition coefficient (Wildman–Crippen LogP) is 2.51. The highest BCUT2D eigenvalue weighted by Crippen LogP contribution is 2.13. The van der Waals surface area contributed by atoms with Gasteiger partial charge in [0.1, 0.15) is 5.75 Å². The van der Waals surface area contributed by atoms with E-state index in [0.717, 1.165) is 36.4 Å². The van der Waals surface area contributed by atoms with Crippen LogP contribution in [0.4, 0.5) is 5.69 Å². The number of carbonyl (C=O) groups excluding carboxylic acids is 1. The van der Waals surface area contributed by atoms with Crippen LogP contribution in [-0.2, 0) is 11.2 Å². The minimum absolute atomic E-state index is 0.129. The summed E-state index contributed by atoms with van der Waals surface area (Å²) in [4.78, 5) is 16.4. The minimum atomic E-state index is -0.129. The number of carbonyl (C=O) groups is 1. The van der Waals surface area contributed by atoms with E-state index in [2.05, 4.69) is 15.6 Å². The van der Waals surface area contributed by atoms with E-state index in [1.54, 1.807) is 32.7 Å². The molecule has 2 aromatic rings. The van der Waals surface area contributed by atoms with Gasteiger partial charge in [-0.3, -0.25) is 9.78 Å². The molecular weight excluding hydrogens is 318 g/mol. The molecule has 0 aliphatic carbocycles. The van der Waals surface area contributed by atoms with Crippen molar-refractivity contribution in [3.8, 4) is 5.75 Å². The Labute approximate surface area is 148 Å². The van der Waals surface area contributed by atoms with Gasteiger partial charge in [-0.1, -0.05) is 12.1 Å². The lowest BCUT2D eigenvalue weighted by Gasteiger charge is -2.09. The van der Waals surface area contributed by atoms with Gasteiger partial charge in [0.05, 0.1) is 18.4 Å². The molecule has 0 spiro atoms. The van der Waals surface area contributed by atoms with E-state index in [1.807, 2.05) is 24.3 Å². The molecule has 0 aliphatic heterocycles.